The van der Waals surface area contributed by atoms with E-state index in [0.29, 0.717) is 0 Å². The van der Waals surface area contributed by atoms with Crippen molar-refractivity contribution in [2.75, 3.05) is 54.5 Å². The minimum absolute atomic E-state index is 0. The summed E-state index contributed by atoms with van der Waals surface area (Å²) in [5.74, 6) is 0. The maximum Gasteiger partial charge on any atom is 0.0558 e. The molecule has 0 aromatic rings. The molecule has 0 rings (SSSR count). The maximum absolute atomic E-state index is 8.20. The SMILES string of the molecule is CN(C)CCO.CN(C)CCO.[Pd]. The van der Waals surface area contributed by atoms with Crippen molar-refractivity contribution in [1.82, 2.24) is 9.80 Å². The zero-order valence-corrected chi connectivity index (χ0v) is 10.5. The second kappa shape index (κ2) is 15.0. The summed E-state index contributed by atoms with van der Waals surface area (Å²) < 4.78 is 0. The fraction of sp³-hybridized carbons (Fsp3) is 1.00. The molecule has 4 nitrogen and oxygen atoms in total. The van der Waals surface area contributed by atoms with Gasteiger partial charge < -0.3 is 20.0 Å². The van der Waals surface area contributed by atoms with E-state index < -0.39 is 0 Å². The minimum Gasteiger partial charge on any atom is -0.395 e. The van der Waals surface area contributed by atoms with E-state index >= 15 is 0 Å². The summed E-state index contributed by atoms with van der Waals surface area (Å²) in [6.07, 6.45) is 0. The molecule has 0 saturated carbocycles. The summed E-state index contributed by atoms with van der Waals surface area (Å²) in [6, 6.07) is 0. The first kappa shape index (κ1) is 19.1. The van der Waals surface area contributed by atoms with E-state index in [0.717, 1.165) is 13.1 Å². The predicted molar refractivity (Wildman–Crippen MR) is 51.3 cm³/mol. The van der Waals surface area contributed by atoms with Crippen LogP contribution in [0.2, 0.25) is 0 Å². The van der Waals surface area contributed by atoms with E-state index in [1.807, 2.05) is 38.0 Å². The predicted octanol–water partition coefficient (Wildman–Crippen LogP) is -0.922. The van der Waals surface area contributed by atoms with Gasteiger partial charge in [0.15, 0.2) is 0 Å². The van der Waals surface area contributed by atoms with Crippen molar-refractivity contribution in [2.45, 2.75) is 0 Å². The Morgan fingerprint density at radius 2 is 1.00 bits per heavy atom. The molecule has 0 aromatic carbocycles. The molecule has 0 spiro atoms. The zero-order valence-electron chi connectivity index (χ0n) is 8.93. The third-order valence-corrected chi connectivity index (χ3v) is 1.09. The van der Waals surface area contributed by atoms with Crippen molar-refractivity contribution in [3.63, 3.8) is 0 Å². The van der Waals surface area contributed by atoms with Gasteiger partial charge in [0.1, 0.15) is 0 Å². The van der Waals surface area contributed by atoms with Crippen LogP contribution in [0.1, 0.15) is 0 Å². The van der Waals surface area contributed by atoms with Crippen molar-refractivity contribution in [2.24, 2.45) is 0 Å². The van der Waals surface area contributed by atoms with Gasteiger partial charge in [0.05, 0.1) is 13.2 Å². The van der Waals surface area contributed by atoms with E-state index in [9.17, 15) is 0 Å². The van der Waals surface area contributed by atoms with Crippen LogP contribution < -0.4 is 0 Å². The van der Waals surface area contributed by atoms with E-state index in [-0.39, 0.29) is 33.6 Å². The Labute approximate surface area is 95.2 Å². The minimum atomic E-state index is 0. The van der Waals surface area contributed by atoms with E-state index in [1.165, 1.54) is 0 Å². The van der Waals surface area contributed by atoms with Crippen LogP contribution in [0.3, 0.4) is 0 Å². The first-order valence-electron chi connectivity index (χ1n) is 4.05. The average Bonchev–Trinajstić information content (AvgIpc) is 1.87. The molecular formula is C8H22N2O2Pd. The van der Waals surface area contributed by atoms with Crippen LogP contribution in [0.5, 0.6) is 0 Å². The van der Waals surface area contributed by atoms with Crippen LogP contribution in [-0.4, -0.2) is 74.5 Å². The number of aliphatic hydroxyl groups excluding tert-OH is 2. The smallest absolute Gasteiger partial charge is 0.0558 e. The van der Waals surface area contributed by atoms with E-state index in [2.05, 4.69) is 0 Å². The summed E-state index contributed by atoms with van der Waals surface area (Å²) in [5, 5.41) is 16.4. The molecule has 0 aliphatic heterocycles. The molecule has 0 aliphatic carbocycles. The molecule has 0 heterocycles. The third-order valence-electron chi connectivity index (χ3n) is 1.09. The third kappa shape index (κ3) is 32.6. The Morgan fingerprint density at radius 3 is 1.00 bits per heavy atom. The van der Waals surface area contributed by atoms with Gasteiger partial charge in [-0.05, 0) is 28.2 Å². The zero-order chi connectivity index (χ0) is 9.98. The van der Waals surface area contributed by atoms with Gasteiger partial charge in [0.2, 0.25) is 0 Å². The van der Waals surface area contributed by atoms with Crippen molar-refractivity contribution >= 4 is 0 Å². The fourth-order valence-corrected chi connectivity index (χ4v) is 0.400. The molecule has 5 heteroatoms. The Morgan fingerprint density at radius 1 is 0.769 bits per heavy atom. The van der Waals surface area contributed by atoms with Crippen molar-refractivity contribution in [3.8, 4) is 0 Å². The van der Waals surface area contributed by atoms with Gasteiger partial charge in [-0.25, -0.2) is 0 Å². The Balaban J connectivity index is -0.000000143. The molecule has 0 aliphatic rings. The Hall–Kier alpha value is 0.502. The van der Waals surface area contributed by atoms with Gasteiger partial charge in [-0.3, -0.25) is 0 Å². The van der Waals surface area contributed by atoms with Crippen LogP contribution in [0, 0.1) is 0 Å². The van der Waals surface area contributed by atoms with Crippen LogP contribution in [0.4, 0.5) is 0 Å². The molecule has 86 valence electrons. The molecule has 0 bridgehead atoms. The quantitative estimate of drug-likeness (QED) is 0.656. The number of aliphatic hydroxyl groups is 2. The second-order valence-electron chi connectivity index (χ2n) is 3.05. The molecule has 2 N–H and O–H groups in total. The first-order chi connectivity index (χ1) is 5.54. The molecule has 0 fully saturated rings. The van der Waals surface area contributed by atoms with Crippen LogP contribution in [0.25, 0.3) is 0 Å². The number of hydrogen-bond acceptors (Lipinski definition) is 4. The largest absolute Gasteiger partial charge is 0.395 e. The Kier molecular flexibility index (Phi) is 22.1. The molecule has 0 amide bonds. The van der Waals surface area contributed by atoms with Crippen molar-refractivity contribution < 1.29 is 30.6 Å². The first-order valence-corrected chi connectivity index (χ1v) is 4.05. The topological polar surface area (TPSA) is 46.9 Å². The second-order valence-corrected chi connectivity index (χ2v) is 3.05. The van der Waals surface area contributed by atoms with E-state index in [4.69, 9.17) is 10.2 Å². The molecule has 0 radical (unpaired) electrons. The molecule has 0 unspecified atom stereocenters. The fourth-order valence-electron chi connectivity index (χ4n) is 0.400. The molecule has 0 atom stereocenters. The van der Waals surface area contributed by atoms with Crippen molar-refractivity contribution in [1.29, 1.82) is 0 Å². The molecule has 0 saturated heterocycles. The summed E-state index contributed by atoms with van der Waals surface area (Å²) in [6.45, 7) is 2.04. The average molecular weight is 285 g/mol. The van der Waals surface area contributed by atoms with Gasteiger partial charge in [0.25, 0.3) is 0 Å². The Bertz CT molecular complexity index is 72.5. The number of likely N-dealkylation sites (N-methyl/N-ethyl adjacent to an activating group) is 2. The summed E-state index contributed by atoms with van der Waals surface area (Å²) in [7, 11) is 7.71. The van der Waals surface area contributed by atoms with Crippen LogP contribution in [0.15, 0.2) is 0 Å². The molecule has 13 heavy (non-hydrogen) atoms. The summed E-state index contributed by atoms with van der Waals surface area (Å²) >= 11 is 0. The maximum atomic E-state index is 8.20. The summed E-state index contributed by atoms with van der Waals surface area (Å²) in [5.41, 5.74) is 0. The molecular weight excluding hydrogens is 263 g/mol. The van der Waals surface area contributed by atoms with Gasteiger partial charge in [-0.2, -0.15) is 0 Å². The van der Waals surface area contributed by atoms with Crippen LogP contribution in [-0.2, 0) is 20.4 Å². The van der Waals surface area contributed by atoms with E-state index in [1.54, 1.807) is 0 Å². The monoisotopic (exact) mass is 284 g/mol. The van der Waals surface area contributed by atoms with Gasteiger partial charge in [0, 0.05) is 33.5 Å². The summed E-state index contributed by atoms with van der Waals surface area (Å²) in [4.78, 5) is 3.86. The number of hydrogen-bond donors (Lipinski definition) is 2. The van der Waals surface area contributed by atoms with Gasteiger partial charge in [-0.15, -0.1) is 0 Å². The standard InChI is InChI=1S/2C4H11NO.Pd/c2*1-5(2)3-4-6;/h2*6H,3-4H2,1-2H3;. The van der Waals surface area contributed by atoms with Crippen LogP contribution >= 0.6 is 0 Å². The molecule has 0 aromatic heterocycles. The van der Waals surface area contributed by atoms with Gasteiger partial charge in [-0.1, -0.05) is 0 Å². The number of nitrogens with zero attached hydrogens (tertiary/aromatic N) is 2. The van der Waals surface area contributed by atoms with Gasteiger partial charge >= 0.3 is 0 Å². The number of rotatable bonds is 4. The van der Waals surface area contributed by atoms with Crippen molar-refractivity contribution in [3.05, 3.63) is 0 Å². The normalized spacial score (nSPS) is 9.23.